The van der Waals surface area contributed by atoms with Crippen LogP contribution in [0.15, 0.2) is 54.7 Å². The van der Waals surface area contributed by atoms with Crippen molar-refractivity contribution >= 4 is 22.2 Å². The predicted octanol–water partition coefficient (Wildman–Crippen LogP) is 5.43. The van der Waals surface area contributed by atoms with E-state index in [0.717, 1.165) is 34.1 Å². The molecular weight excluding hydrogens is 508 g/mol. The molecule has 5 aromatic rings. The Bertz CT molecular complexity index is 1630. The van der Waals surface area contributed by atoms with E-state index in [2.05, 4.69) is 20.3 Å². The second kappa shape index (κ2) is 9.52. The normalized spacial score (nSPS) is 13.6. The van der Waals surface area contributed by atoms with E-state index in [0.29, 0.717) is 34.0 Å². The number of nitrogens with zero attached hydrogens (tertiary/aromatic N) is 5. The summed E-state index contributed by atoms with van der Waals surface area (Å²) in [6.45, 7) is 4.66. The van der Waals surface area contributed by atoms with Gasteiger partial charge in [0.05, 0.1) is 34.4 Å². The van der Waals surface area contributed by atoms with E-state index in [-0.39, 0.29) is 5.56 Å². The van der Waals surface area contributed by atoms with E-state index in [9.17, 15) is 13.9 Å². The molecule has 0 amide bonds. The van der Waals surface area contributed by atoms with Crippen LogP contribution in [0.4, 0.5) is 8.78 Å². The van der Waals surface area contributed by atoms with E-state index < -0.39 is 11.5 Å². The molecule has 0 aliphatic carbocycles. The lowest BCUT2D eigenvalue weighted by atomic mass is 9.87. The standard InChI is InChI=1S/C28H27F2N5O2S/c1-16-25(38-17(2)32-16)28(36,24-15-31-34-35(24)4)22-10-11-23-19(14-22)13-20(26(33-23)37-5)12-18-6-8-21(9-7-18)27(3,29)30/h6-11,13-15,36H,12H2,1-5H3. The van der Waals surface area contributed by atoms with Crippen molar-refractivity contribution in [1.82, 2.24) is 25.0 Å². The Labute approximate surface area is 222 Å². The van der Waals surface area contributed by atoms with Crippen LogP contribution in [0.2, 0.25) is 0 Å². The third-order valence-electron chi connectivity index (χ3n) is 6.64. The quantitative estimate of drug-likeness (QED) is 0.299. The highest BCUT2D eigenvalue weighted by Gasteiger charge is 2.40. The fourth-order valence-electron chi connectivity index (χ4n) is 4.75. The summed E-state index contributed by atoms with van der Waals surface area (Å²) in [5.74, 6) is -2.44. The summed E-state index contributed by atoms with van der Waals surface area (Å²) in [4.78, 5) is 9.91. The van der Waals surface area contributed by atoms with Crippen molar-refractivity contribution < 1.29 is 18.6 Å². The Morgan fingerprint density at radius 1 is 1.03 bits per heavy atom. The number of ether oxygens (including phenoxy) is 1. The molecule has 0 aliphatic heterocycles. The molecule has 0 fully saturated rings. The molecule has 0 saturated heterocycles. The van der Waals surface area contributed by atoms with Crippen molar-refractivity contribution in [3.63, 3.8) is 0 Å². The molecule has 1 N–H and O–H groups in total. The van der Waals surface area contributed by atoms with Gasteiger partial charge >= 0.3 is 0 Å². The summed E-state index contributed by atoms with van der Waals surface area (Å²) in [5, 5.41) is 22.0. The molecule has 5 rings (SSSR count). The van der Waals surface area contributed by atoms with Gasteiger partial charge in [0.25, 0.3) is 5.92 Å². The van der Waals surface area contributed by atoms with Crippen LogP contribution < -0.4 is 4.74 Å². The number of rotatable bonds is 7. The van der Waals surface area contributed by atoms with Gasteiger partial charge < -0.3 is 9.84 Å². The van der Waals surface area contributed by atoms with Crippen LogP contribution in [0.3, 0.4) is 0 Å². The monoisotopic (exact) mass is 535 g/mol. The first-order valence-corrected chi connectivity index (χ1v) is 12.8. The van der Waals surface area contributed by atoms with Crippen LogP contribution in [0, 0.1) is 13.8 Å². The molecule has 0 bridgehead atoms. The number of thiazole rings is 1. The van der Waals surface area contributed by atoms with Crippen molar-refractivity contribution in [2.75, 3.05) is 7.11 Å². The van der Waals surface area contributed by atoms with Crippen LogP contribution >= 0.6 is 11.3 Å². The first-order chi connectivity index (χ1) is 18.0. The van der Waals surface area contributed by atoms with Crippen molar-refractivity contribution in [1.29, 1.82) is 0 Å². The lowest BCUT2D eigenvalue weighted by Crippen LogP contribution is -2.31. The Hall–Kier alpha value is -3.76. The number of methoxy groups -OCH3 is 1. The van der Waals surface area contributed by atoms with Gasteiger partial charge in [0.1, 0.15) is 5.69 Å². The number of hydrogen-bond acceptors (Lipinski definition) is 7. The molecule has 10 heteroatoms. The highest BCUT2D eigenvalue weighted by molar-refractivity contribution is 7.11. The van der Waals surface area contributed by atoms with Crippen LogP contribution in [0.25, 0.3) is 10.9 Å². The second-order valence-corrected chi connectivity index (χ2v) is 10.6. The molecule has 7 nitrogen and oxygen atoms in total. The summed E-state index contributed by atoms with van der Waals surface area (Å²) >= 11 is 1.42. The zero-order chi connectivity index (χ0) is 27.2. The summed E-state index contributed by atoms with van der Waals surface area (Å²) < 4.78 is 34.4. The van der Waals surface area contributed by atoms with Gasteiger partial charge in [-0.05, 0) is 43.2 Å². The molecule has 38 heavy (non-hydrogen) atoms. The molecule has 0 spiro atoms. The maximum atomic E-state index is 13.7. The molecule has 2 aromatic carbocycles. The lowest BCUT2D eigenvalue weighted by Gasteiger charge is -2.28. The van der Waals surface area contributed by atoms with E-state index in [1.54, 1.807) is 37.2 Å². The van der Waals surface area contributed by atoms with Crippen molar-refractivity contribution in [2.45, 2.75) is 38.7 Å². The first-order valence-electron chi connectivity index (χ1n) is 12.0. The van der Waals surface area contributed by atoms with Crippen molar-refractivity contribution in [3.05, 3.63) is 98.3 Å². The molecular formula is C28H27F2N5O2S. The van der Waals surface area contributed by atoms with Gasteiger partial charge in [0, 0.05) is 36.9 Å². The van der Waals surface area contributed by atoms with Gasteiger partial charge in [-0.15, -0.1) is 16.4 Å². The largest absolute Gasteiger partial charge is 0.481 e. The fraction of sp³-hybridized carbons (Fsp3) is 0.286. The van der Waals surface area contributed by atoms with Gasteiger partial charge in [0.15, 0.2) is 5.60 Å². The predicted molar refractivity (Wildman–Crippen MR) is 142 cm³/mol. The molecule has 1 atom stereocenters. The van der Waals surface area contributed by atoms with Crippen molar-refractivity contribution in [3.8, 4) is 5.88 Å². The summed E-state index contributed by atoms with van der Waals surface area (Å²) in [5.41, 5.74) is 2.62. The van der Waals surface area contributed by atoms with Crippen LogP contribution in [0.5, 0.6) is 5.88 Å². The maximum Gasteiger partial charge on any atom is 0.270 e. The topological polar surface area (TPSA) is 85.9 Å². The molecule has 3 aromatic heterocycles. The molecule has 0 radical (unpaired) electrons. The number of alkyl halides is 2. The molecule has 196 valence electrons. The average Bonchev–Trinajstić information content (AvgIpc) is 3.47. The van der Waals surface area contributed by atoms with Crippen LogP contribution in [-0.4, -0.2) is 37.2 Å². The summed E-state index contributed by atoms with van der Waals surface area (Å²) in [6, 6.07) is 13.8. The van der Waals surface area contributed by atoms with E-state index in [1.165, 1.54) is 23.5 Å². The molecule has 0 saturated carbocycles. The number of fused-ring (bicyclic) bond motifs is 1. The Morgan fingerprint density at radius 2 is 1.74 bits per heavy atom. The highest BCUT2D eigenvalue weighted by Crippen LogP contribution is 2.42. The fourth-order valence-corrected chi connectivity index (χ4v) is 5.79. The average molecular weight is 536 g/mol. The summed E-state index contributed by atoms with van der Waals surface area (Å²) in [7, 11) is 3.29. The third kappa shape index (κ3) is 4.54. The minimum atomic E-state index is -2.90. The minimum Gasteiger partial charge on any atom is -0.481 e. The number of halogens is 2. The van der Waals surface area contributed by atoms with Gasteiger partial charge in [0.2, 0.25) is 5.88 Å². The number of aryl methyl sites for hydroxylation is 3. The third-order valence-corrected chi connectivity index (χ3v) is 7.82. The zero-order valence-corrected chi connectivity index (χ0v) is 22.5. The minimum absolute atomic E-state index is 0.0352. The molecule has 1 unspecified atom stereocenters. The smallest absolute Gasteiger partial charge is 0.270 e. The Kier molecular flexibility index (Phi) is 6.48. The van der Waals surface area contributed by atoms with Gasteiger partial charge in [-0.2, -0.15) is 0 Å². The van der Waals surface area contributed by atoms with Gasteiger partial charge in [-0.25, -0.2) is 23.4 Å². The molecule has 3 heterocycles. The zero-order valence-electron chi connectivity index (χ0n) is 21.7. The number of benzene rings is 2. The number of aliphatic hydroxyl groups is 1. The van der Waals surface area contributed by atoms with Gasteiger partial charge in [-0.1, -0.05) is 35.5 Å². The van der Waals surface area contributed by atoms with Crippen LogP contribution in [-0.2, 0) is 25.0 Å². The van der Waals surface area contributed by atoms with E-state index in [4.69, 9.17) is 4.74 Å². The number of pyridine rings is 1. The maximum absolute atomic E-state index is 13.7. The van der Waals surface area contributed by atoms with Gasteiger partial charge in [-0.3, -0.25) is 0 Å². The van der Waals surface area contributed by atoms with E-state index >= 15 is 0 Å². The first kappa shape index (κ1) is 25.9. The molecule has 0 aliphatic rings. The Balaban J connectivity index is 1.62. The summed E-state index contributed by atoms with van der Waals surface area (Å²) in [6.07, 6.45) is 1.99. The SMILES string of the molecule is COc1nc2ccc(C(O)(c3sc(C)nc3C)c3cnnn3C)cc2cc1Cc1ccc(C(C)(F)F)cc1. The highest BCUT2D eigenvalue weighted by atomic mass is 32.1. The Morgan fingerprint density at radius 3 is 2.32 bits per heavy atom. The number of aromatic nitrogens is 5. The second-order valence-electron chi connectivity index (χ2n) is 9.43. The van der Waals surface area contributed by atoms with E-state index in [1.807, 2.05) is 38.1 Å². The van der Waals surface area contributed by atoms with Crippen molar-refractivity contribution in [2.24, 2.45) is 7.05 Å². The number of hydrogen-bond donors (Lipinski definition) is 1. The van der Waals surface area contributed by atoms with Crippen LogP contribution in [0.1, 0.15) is 50.5 Å². The lowest BCUT2D eigenvalue weighted by molar-refractivity contribution is 0.0174.